The van der Waals surface area contributed by atoms with Crippen LogP contribution in [-0.2, 0) is 16.1 Å². The molecule has 2 rings (SSSR count). The van der Waals surface area contributed by atoms with Crippen LogP contribution in [0.25, 0.3) is 0 Å². The van der Waals surface area contributed by atoms with E-state index in [0.29, 0.717) is 13.1 Å². The number of benzene rings is 1. The fourth-order valence-electron chi connectivity index (χ4n) is 3.28. The molecule has 0 saturated carbocycles. The number of likely N-dealkylation sites (tertiary alicyclic amines) is 1. The molecule has 1 aromatic rings. The monoisotopic (exact) mass is 348 g/mol. The van der Waals surface area contributed by atoms with Crippen molar-refractivity contribution in [2.24, 2.45) is 5.92 Å². The molecule has 0 bridgehead atoms. The lowest BCUT2D eigenvalue weighted by Crippen LogP contribution is -2.38. The summed E-state index contributed by atoms with van der Waals surface area (Å²) in [7, 11) is 3.44. The van der Waals surface area contributed by atoms with Crippen molar-refractivity contribution in [2.75, 3.05) is 33.8 Å². The highest BCUT2D eigenvalue weighted by atomic mass is 16.5. The normalized spacial score (nSPS) is 18.4. The fourth-order valence-corrected chi connectivity index (χ4v) is 3.28. The largest absolute Gasteiger partial charge is 0.497 e. The third-order valence-corrected chi connectivity index (χ3v) is 4.74. The summed E-state index contributed by atoms with van der Waals surface area (Å²) in [5.74, 6) is 0.370. The number of hydrogen-bond donors (Lipinski definition) is 1. The minimum absolute atomic E-state index is 0.0829. The molecule has 1 fully saturated rings. The van der Waals surface area contributed by atoms with E-state index in [-0.39, 0.29) is 18.2 Å². The highest BCUT2D eigenvalue weighted by Gasteiger charge is 2.21. The molecule has 1 aliphatic rings. The van der Waals surface area contributed by atoms with Crippen molar-refractivity contribution in [3.63, 3.8) is 0 Å². The van der Waals surface area contributed by atoms with Crippen LogP contribution in [0.3, 0.4) is 0 Å². The van der Waals surface area contributed by atoms with Gasteiger partial charge in [0.15, 0.2) is 0 Å². The Morgan fingerprint density at radius 3 is 2.84 bits per heavy atom. The topological polar surface area (TPSA) is 70.1 Å². The average molecular weight is 348 g/mol. The quantitative estimate of drug-likeness (QED) is 0.818. The Bertz CT molecular complexity index is 591. The van der Waals surface area contributed by atoms with E-state index < -0.39 is 5.97 Å². The summed E-state index contributed by atoms with van der Waals surface area (Å²) in [6.07, 6.45) is 2.96. The van der Waals surface area contributed by atoms with Crippen LogP contribution in [0, 0.1) is 5.92 Å². The summed E-state index contributed by atoms with van der Waals surface area (Å²) in [6.45, 7) is 2.58. The number of carboxylic acids is 1. The lowest BCUT2D eigenvalue weighted by molar-refractivity contribution is -0.138. The summed E-state index contributed by atoms with van der Waals surface area (Å²) < 4.78 is 5.22. The Hall–Kier alpha value is -2.08. The summed E-state index contributed by atoms with van der Waals surface area (Å²) >= 11 is 0. The van der Waals surface area contributed by atoms with Gasteiger partial charge in [0.25, 0.3) is 0 Å². The maximum atomic E-state index is 12.5. The van der Waals surface area contributed by atoms with Gasteiger partial charge >= 0.3 is 5.97 Å². The molecular formula is C19H28N2O4. The molecule has 6 heteroatoms. The zero-order chi connectivity index (χ0) is 18.2. The number of methoxy groups -OCH3 is 1. The third kappa shape index (κ3) is 6.38. The molecule has 1 N–H and O–H groups in total. The molecule has 1 heterocycles. The van der Waals surface area contributed by atoms with E-state index in [1.807, 2.05) is 31.3 Å². The van der Waals surface area contributed by atoms with Crippen molar-refractivity contribution in [3.8, 4) is 5.75 Å². The predicted octanol–water partition coefficient (Wildman–Crippen LogP) is 2.23. The van der Waals surface area contributed by atoms with Gasteiger partial charge < -0.3 is 14.7 Å². The molecular weight excluding hydrogens is 320 g/mol. The van der Waals surface area contributed by atoms with Gasteiger partial charge in [-0.2, -0.15) is 0 Å². The minimum Gasteiger partial charge on any atom is -0.497 e. The molecule has 1 amide bonds. The number of aliphatic carboxylic acids is 1. The fraction of sp³-hybridized carbons (Fsp3) is 0.579. The van der Waals surface area contributed by atoms with Crippen molar-refractivity contribution < 1.29 is 19.4 Å². The Labute approximate surface area is 149 Å². The van der Waals surface area contributed by atoms with Crippen LogP contribution in [0.1, 0.15) is 31.2 Å². The summed E-state index contributed by atoms with van der Waals surface area (Å²) in [6, 6.07) is 7.72. The van der Waals surface area contributed by atoms with E-state index in [1.54, 1.807) is 12.0 Å². The second kappa shape index (κ2) is 9.42. The van der Waals surface area contributed by atoms with Crippen LogP contribution < -0.4 is 4.74 Å². The predicted molar refractivity (Wildman–Crippen MR) is 95.5 cm³/mol. The minimum atomic E-state index is -0.729. The first-order chi connectivity index (χ1) is 12.0. The maximum Gasteiger partial charge on any atom is 0.303 e. The van der Waals surface area contributed by atoms with Crippen molar-refractivity contribution in [1.29, 1.82) is 0 Å². The molecule has 1 aliphatic heterocycles. The van der Waals surface area contributed by atoms with Crippen molar-refractivity contribution >= 4 is 11.9 Å². The SMILES string of the molecule is COc1cccc(CN(C)C(=O)CN2CCCC(CC(=O)O)CC2)c1. The van der Waals surface area contributed by atoms with Gasteiger partial charge in [-0.25, -0.2) is 0 Å². The van der Waals surface area contributed by atoms with Crippen molar-refractivity contribution in [2.45, 2.75) is 32.2 Å². The van der Waals surface area contributed by atoms with E-state index >= 15 is 0 Å². The average Bonchev–Trinajstić information content (AvgIpc) is 2.79. The number of rotatable bonds is 7. The van der Waals surface area contributed by atoms with Crippen molar-refractivity contribution in [3.05, 3.63) is 29.8 Å². The standard InChI is InChI=1S/C19H28N2O4/c1-20(13-16-5-3-7-17(11-16)25-2)18(22)14-21-9-4-6-15(8-10-21)12-19(23)24/h3,5,7,11,15H,4,6,8-10,12-14H2,1-2H3,(H,23,24). The van der Waals surface area contributed by atoms with Gasteiger partial charge in [0.2, 0.25) is 5.91 Å². The number of carbonyl (C=O) groups excluding carboxylic acids is 1. The van der Waals surface area contributed by atoms with Gasteiger partial charge in [-0.15, -0.1) is 0 Å². The number of nitrogens with zero attached hydrogens (tertiary/aromatic N) is 2. The first-order valence-electron chi connectivity index (χ1n) is 8.79. The zero-order valence-corrected chi connectivity index (χ0v) is 15.1. The molecule has 1 unspecified atom stereocenters. The van der Waals surface area contributed by atoms with Crippen LogP contribution in [0.4, 0.5) is 0 Å². The second-order valence-electron chi connectivity index (χ2n) is 6.77. The van der Waals surface area contributed by atoms with Crippen molar-refractivity contribution in [1.82, 2.24) is 9.80 Å². The van der Waals surface area contributed by atoms with Crippen LogP contribution >= 0.6 is 0 Å². The molecule has 0 radical (unpaired) electrons. The van der Waals surface area contributed by atoms with Gasteiger partial charge in [-0.05, 0) is 56.0 Å². The first-order valence-corrected chi connectivity index (χ1v) is 8.79. The van der Waals surface area contributed by atoms with E-state index in [9.17, 15) is 9.59 Å². The number of likely N-dealkylation sites (N-methyl/N-ethyl adjacent to an activating group) is 1. The molecule has 1 atom stereocenters. The van der Waals surface area contributed by atoms with Gasteiger partial charge in [-0.3, -0.25) is 14.5 Å². The van der Waals surface area contributed by atoms with Crippen LogP contribution in [-0.4, -0.2) is 60.6 Å². The van der Waals surface area contributed by atoms with Crippen LogP contribution in [0.5, 0.6) is 5.75 Å². The molecule has 0 spiro atoms. The number of hydrogen-bond acceptors (Lipinski definition) is 4. The highest BCUT2D eigenvalue weighted by Crippen LogP contribution is 2.21. The van der Waals surface area contributed by atoms with Gasteiger partial charge in [0.05, 0.1) is 13.7 Å². The molecule has 0 aromatic heterocycles. The zero-order valence-electron chi connectivity index (χ0n) is 15.1. The van der Waals surface area contributed by atoms with Crippen LogP contribution in [0.2, 0.25) is 0 Å². The van der Waals surface area contributed by atoms with E-state index in [2.05, 4.69) is 4.90 Å². The maximum absolute atomic E-state index is 12.5. The molecule has 1 aromatic carbocycles. The summed E-state index contributed by atoms with van der Waals surface area (Å²) in [5, 5.41) is 8.94. The smallest absolute Gasteiger partial charge is 0.303 e. The number of carboxylic acid groups (broad SMARTS) is 1. The Balaban J connectivity index is 1.83. The van der Waals surface area contributed by atoms with E-state index in [1.165, 1.54) is 0 Å². The molecule has 1 saturated heterocycles. The molecule has 138 valence electrons. The van der Waals surface area contributed by atoms with E-state index in [0.717, 1.165) is 43.7 Å². The number of carbonyl (C=O) groups is 2. The van der Waals surface area contributed by atoms with Crippen LogP contribution in [0.15, 0.2) is 24.3 Å². The summed E-state index contributed by atoms with van der Waals surface area (Å²) in [5.41, 5.74) is 1.03. The Morgan fingerprint density at radius 2 is 2.12 bits per heavy atom. The lowest BCUT2D eigenvalue weighted by Gasteiger charge is -2.24. The first kappa shape index (κ1) is 19.2. The Morgan fingerprint density at radius 1 is 1.32 bits per heavy atom. The second-order valence-corrected chi connectivity index (χ2v) is 6.77. The van der Waals surface area contributed by atoms with E-state index in [4.69, 9.17) is 9.84 Å². The number of amides is 1. The molecule has 25 heavy (non-hydrogen) atoms. The molecule has 0 aliphatic carbocycles. The van der Waals surface area contributed by atoms with Gasteiger partial charge in [0.1, 0.15) is 5.75 Å². The lowest BCUT2D eigenvalue weighted by atomic mass is 9.97. The molecule has 6 nitrogen and oxygen atoms in total. The summed E-state index contributed by atoms with van der Waals surface area (Å²) in [4.78, 5) is 27.2. The highest BCUT2D eigenvalue weighted by molar-refractivity contribution is 5.78. The third-order valence-electron chi connectivity index (χ3n) is 4.74. The number of ether oxygens (including phenoxy) is 1. The van der Waals surface area contributed by atoms with Gasteiger partial charge in [0, 0.05) is 20.0 Å². The van der Waals surface area contributed by atoms with Gasteiger partial charge in [-0.1, -0.05) is 12.1 Å². The Kier molecular flexibility index (Phi) is 7.25.